The third kappa shape index (κ3) is 4.91. The van der Waals surface area contributed by atoms with Gasteiger partial charge in [0.15, 0.2) is 12.4 Å². The van der Waals surface area contributed by atoms with Crippen LogP contribution in [-0.2, 0) is 11.3 Å². The molecule has 1 aromatic carbocycles. The van der Waals surface area contributed by atoms with E-state index in [1.54, 1.807) is 19.2 Å². The quantitative estimate of drug-likeness (QED) is 0.431. The summed E-state index contributed by atoms with van der Waals surface area (Å²) < 4.78 is 9.89. The van der Waals surface area contributed by atoms with Crippen molar-refractivity contribution in [2.75, 3.05) is 26.9 Å². The standard InChI is InChI=1S/C12H15N3O4/c1-18-7-5-14-9-10-2-3-12(19-6-4-13)11(8-10)15(16)17/h2-3,8,14H,5-7,9H2,1H3. The Kier molecular flexibility index (Phi) is 6.29. The topological polar surface area (TPSA) is 97.4 Å². The molecule has 0 atom stereocenters. The van der Waals surface area contributed by atoms with Gasteiger partial charge >= 0.3 is 5.69 Å². The number of ether oxygens (including phenoxy) is 2. The van der Waals surface area contributed by atoms with Crippen LogP contribution in [0.1, 0.15) is 5.56 Å². The van der Waals surface area contributed by atoms with Crippen LogP contribution in [0.25, 0.3) is 0 Å². The largest absolute Gasteiger partial charge is 0.472 e. The van der Waals surface area contributed by atoms with Crippen LogP contribution in [0.3, 0.4) is 0 Å². The van der Waals surface area contributed by atoms with Crippen LogP contribution in [0.5, 0.6) is 5.75 Å². The summed E-state index contributed by atoms with van der Waals surface area (Å²) in [4.78, 5) is 10.4. The Morgan fingerprint density at radius 1 is 1.53 bits per heavy atom. The lowest BCUT2D eigenvalue weighted by molar-refractivity contribution is -0.385. The second kappa shape index (κ2) is 8.02. The van der Waals surface area contributed by atoms with Gasteiger partial charge in [-0.15, -0.1) is 0 Å². The second-order valence-corrected chi connectivity index (χ2v) is 3.68. The molecule has 0 saturated carbocycles. The average molecular weight is 265 g/mol. The summed E-state index contributed by atoms with van der Waals surface area (Å²) in [6.07, 6.45) is 0. The first-order chi connectivity index (χ1) is 9.19. The number of nitriles is 1. The van der Waals surface area contributed by atoms with Gasteiger partial charge in [0.05, 0.1) is 11.5 Å². The fourth-order valence-corrected chi connectivity index (χ4v) is 1.45. The van der Waals surface area contributed by atoms with Crippen molar-refractivity contribution in [2.24, 2.45) is 0 Å². The van der Waals surface area contributed by atoms with Crippen LogP contribution in [0.4, 0.5) is 5.69 Å². The molecular formula is C12H15N3O4. The summed E-state index contributed by atoms with van der Waals surface area (Å²) in [5, 5.41) is 22.4. The Morgan fingerprint density at radius 3 is 2.95 bits per heavy atom. The molecule has 0 saturated heterocycles. The third-order valence-corrected chi connectivity index (χ3v) is 2.32. The highest BCUT2D eigenvalue weighted by atomic mass is 16.6. The van der Waals surface area contributed by atoms with Gasteiger partial charge in [0.2, 0.25) is 0 Å². The van der Waals surface area contributed by atoms with Crippen molar-refractivity contribution in [1.82, 2.24) is 5.32 Å². The van der Waals surface area contributed by atoms with E-state index in [0.717, 1.165) is 5.56 Å². The van der Waals surface area contributed by atoms with E-state index in [1.165, 1.54) is 12.1 Å². The molecule has 102 valence electrons. The van der Waals surface area contributed by atoms with Crippen molar-refractivity contribution in [1.29, 1.82) is 5.26 Å². The van der Waals surface area contributed by atoms with Gasteiger partial charge in [-0.25, -0.2) is 0 Å². The Balaban J connectivity index is 2.73. The van der Waals surface area contributed by atoms with Gasteiger partial charge in [0, 0.05) is 26.3 Å². The number of nitrogens with zero attached hydrogens (tertiary/aromatic N) is 2. The SMILES string of the molecule is COCCNCc1ccc(OCC#N)c([N+](=O)[O-])c1. The first-order valence-electron chi connectivity index (χ1n) is 5.65. The van der Waals surface area contributed by atoms with Gasteiger partial charge in [-0.1, -0.05) is 6.07 Å². The maximum Gasteiger partial charge on any atom is 0.311 e. The minimum atomic E-state index is -0.522. The highest BCUT2D eigenvalue weighted by Crippen LogP contribution is 2.27. The summed E-state index contributed by atoms with van der Waals surface area (Å²) >= 11 is 0. The Hall–Kier alpha value is -2.17. The molecule has 1 aromatic rings. The molecule has 19 heavy (non-hydrogen) atoms. The van der Waals surface area contributed by atoms with E-state index in [4.69, 9.17) is 14.7 Å². The molecule has 0 aliphatic heterocycles. The monoisotopic (exact) mass is 265 g/mol. The lowest BCUT2D eigenvalue weighted by Crippen LogP contribution is -2.18. The molecule has 7 heteroatoms. The molecule has 0 heterocycles. The van der Waals surface area contributed by atoms with Crippen molar-refractivity contribution < 1.29 is 14.4 Å². The predicted molar refractivity (Wildman–Crippen MR) is 67.8 cm³/mol. The van der Waals surface area contributed by atoms with Crippen molar-refractivity contribution in [3.8, 4) is 11.8 Å². The molecule has 0 aliphatic rings. The number of nitro groups is 1. The average Bonchev–Trinajstić information content (AvgIpc) is 2.41. The van der Waals surface area contributed by atoms with Gasteiger partial charge < -0.3 is 14.8 Å². The van der Waals surface area contributed by atoms with E-state index >= 15 is 0 Å². The highest BCUT2D eigenvalue weighted by molar-refractivity contribution is 5.48. The van der Waals surface area contributed by atoms with Gasteiger partial charge in [-0.05, 0) is 11.6 Å². The molecule has 0 fully saturated rings. The van der Waals surface area contributed by atoms with Crippen LogP contribution in [0.15, 0.2) is 18.2 Å². The van der Waals surface area contributed by atoms with E-state index in [1.807, 2.05) is 0 Å². The maximum absolute atomic E-state index is 10.9. The summed E-state index contributed by atoms with van der Waals surface area (Å²) in [5.74, 6) is 0.104. The van der Waals surface area contributed by atoms with E-state index in [0.29, 0.717) is 19.7 Å². The first kappa shape index (κ1) is 14.9. The number of methoxy groups -OCH3 is 1. The fraction of sp³-hybridized carbons (Fsp3) is 0.417. The molecule has 1 N–H and O–H groups in total. The number of hydrogen-bond donors (Lipinski definition) is 1. The van der Waals surface area contributed by atoms with E-state index in [2.05, 4.69) is 5.32 Å². The molecule has 0 spiro atoms. The lowest BCUT2D eigenvalue weighted by atomic mass is 10.2. The zero-order chi connectivity index (χ0) is 14.1. The Morgan fingerprint density at radius 2 is 2.32 bits per heavy atom. The Labute approximate surface area is 110 Å². The molecule has 0 aromatic heterocycles. The number of hydrogen-bond acceptors (Lipinski definition) is 6. The molecule has 0 unspecified atom stereocenters. The van der Waals surface area contributed by atoms with Gasteiger partial charge in [0.25, 0.3) is 0 Å². The smallest absolute Gasteiger partial charge is 0.311 e. The summed E-state index contributed by atoms with van der Waals surface area (Å²) in [6.45, 7) is 1.53. The van der Waals surface area contributed by atoms with Crippen LogP contribution >= 0.6 is 0 Å². The van der Waals surface area contributed by atoms with Crippen molar-refractivity contribution in [3.63, 3.8) is 0 Å². The van der Waals surface area contributed by atoms with Crippen LogP contribution < -0.4 is 10.1 Å². The van der Waals surface area contributed by atoms with Crippen molar-refractivity contribution in [3.05, 3.63) is 33.9 Å². The second-order valence-electron chi connectivity index (χ2n) is 3.68. The molecule has 0 radical (unpaired) electrons. The predicted octanol–water partition coefficient (Wildman–Crippen LogP) is 1.23. The molecule has 1 rings (SSSR count). The minimum Gasteiger partial charge on any atom is -0.472 e. The molecule has 0 aliphatic carbocycles. The zero-order valence-electron chi connectivity index (χ0n) is 10.6. The normalized spacial score (nSPS) is 9.89. The van der Waals surface area contributed by atoms with Gasteiger partial charge in [-0.2, -0.15) is 5.26 Å². The third-order valence-electron chi connectivity index (χ3n) is 2.32. The van der Waals surface area contributed by atoms with Gasteiger partial charge in [0.1, 0.15) is 6.07 Å². The molecule has 7 nitrogen and oxygen atoms in total. The summed E-state index contributed by atoms with van der Waals surface area (Å²) in [7, 11) is 1.61. The van der Waals surface area contributed by atoms with Crippen LogP contribution in [0, 0.1) is 21.4 Å². The Bertz CT molecular complexity index is 471. The van der Waals surface area contributed by atoms with Gasteiger partial charge in [-0.3, -0.25) is 10.1 Å². The molecular weight excluding hydrogens is 250 g/mol. The number of rotatable bonds is 8. The number of nitro benzene ring substituents is 1. The van der Waals surface area contributed by atoms with E-state index < -0.39 is 4.92 Å². The summed E-state index contributed by atoms with van der Waals surface area (Å²) in [6, 6.07) is 6.44. The van der Waals surface area contributed by atoms with Crippen molar-refractivity contribution >= 4 is 5.69 Å². The lowest BCUT2D eigenvalue weighted by Gasteiger charge is -2.07. The van der Waals surface area contributed by atoms with E-state index in [-0.39, 0.29) is 18.0 Å². The number of benzene rings is 1. The minimum absolute atomic E-state index is 0.104. The fourth-order valence-electron chi connectivity index (χ4n) is 1.45. The van der Waals surface area contributed by atoms with Crippen LogP contribution in [-0.4, -0.2) is 31.8 Å². The zero-order valence-corrected chi connectivity index (χ0v) is 10.6. The molecule has 0 bridgehead atoms. The molecule has 0 amide bonds. The first-order valence-corrected chi connectivity index (χ1v) is 5.65. The number of nitrogens with one attached hydrogen (secondary N) is 1. The van der Waals surface area contributed by atoms with Crippen LogP contribution in [0.2, 0.25) is 0 Å². The van der Waals surface area contributed by atoms with E-state index in [9.17, 15) is 10.1 Å². The summed E-state index contributed by atoms with van der Waals surface area (Å²) in [5.41, 5.74) is 0.633. The highest BCUT2D eigenvalue weighted by Gasteiger charge is 2.15. The van der Waals surface area contributed by atoms with Crippen molar-refractivity contribution in [2.45, 2.75) is 6.54 Å². The maximum atomic E-state index is 10.9.